The van der Waals surface area contributed by atoms with Gasteiger partial charge in [0, 0.05) is 6.21 Å². The molecule has 0 spiro atoms. The van der Waals surface area contributed by atoms with E-state index in [0.717, 1.165) is 34.4 Å². The number of phenols is 1. The van der Waals surface area contributed by atoms with Gasteiger partial charge in [-0.1, -0.05) is 6.07 Å². The van der Waals surface area contributed by atoms with E-state index in [4.69, 9.17) is 5.11 Å². The maximum atomic E-state index is 12.8. The average Bonchev–Trinajstić information content (AvgIpc) is 2.65. The van der Waals surface area contributed by atoms with Crippen LogP contribution in [0, 0.1) is 19.8 Å². The van der Waals surface area contributed by atoms with Gasteiger partial charge in [-0.05, 0) is 55.3 Å². The zero-order valence-corrected chi connectivity index (χ0v) is 15.5. The highest BCUT2D eigenvalue weighted by Gasteiger charge is 2.40. The van der Waals surface area contributed by atoms with Crippen LogP contribution in [0.5, 0.6) is 5.75 Å². The van der Waals surface area contributed by atoms with E-state index in [9.17, 15) is 24.3 Å². The molecular weight excluding hydrogens is 378 g/mol. The summed E-state index contributed by atoms with van der Waals surface area (Å²) in [5, 5.41) is 20.7. The zero-order chi connectivity index (χ0) is 21.3. The van der Waals surface area contributed by atoms with E-state index >= 15 is 0 Å². The summed E-state index contributed by atoms with van der Waals surface area (Å²) in [5.41, 5.74) is 1.92. The standard InChI is InChI=1S/C20H17N3O6/c1-10-3-5-13(7-11(10)2)23-18(26)15(17(25)22-20(23)29)9-21-12-4-6-16(24)14(8-12)19(27)28/h3-9,15,24H,1-2H3,(H,27,28)(H,22,25,29). The number of imide groups is 2. The zero-order valence-electron chi connectivity index (χ0n) is 15.5. The third-order valence-corrected chi connectivity index (χ3v) is 4.53. The Labute approximate surface area is 165 Å². The third-order valence-electron chi connectivity index (χ3n) is 4.53. The number of hydrogen-bond donors (Lipinski definition) is 3. The topological polar surface area (TPSA) is 136 Å². The Bertz CT molecular complexity index is 1080. The third kappa shape index (κ3) is 3.84. The monoisotopic (exact) mass is 395 g/mol. The second-order valence-corrected chi connectivity index (χ2v) is 6.50. The highest BCUT2D eigenvalue weighted by Crippen LogP contribution is 2.25. The van der Waals surface area contributed by atoms with Crippen molar-refractivity contribution in [3.05, 3.63) is 53.1 Å². The summed E-state index contributed by atoms with van der Waals surface area (Å²) in [6, 6.07) is 7.74. The number of urea groups is 1. The van der Waals surface area contributed by atoms with Crippen molar-refractivity contribution < 1.29 is 29.4 Å². The number of aliphatic imine (C=N–C) groups is 1. The molecule has 2 aromatic carbocycles. The molecule has 1 heterocycles. The summed E-state index contributed by atoms with van der Waals surface area (Å²) in [7, 11) is 0. The molecule has 9 heteroatoms. The molecule has 3 rings (SSSR count). The second kappa shape index (κ2) is 7.55. The Morgan fingerprint density at radius 2 is 1.83 bits per heavy atom. The Kier molecular flexibility index (Phi) is 5.14. The minimum atomic E-state index is -1.38. The van der Waals surface area contributed by atoms with Crippen LogP contribution < -0.4 is 10.2 Å². The Morgan fingerprint density at radius 3 is 2.48 bits per heavy atom. The van der Waals surface area contributed by atoms with Gasteiger partial charge in [0.1, 0.15) is 11.3 Å². The minimum Gasteiger partial charge on any atom is -0.507 e. The molecule has 0 bridgehead atoms. The van der Waals surface area contributed by atoms with Crippen LogP contribution in [0.15, 0.2) is 41.4 Å². The van der Waals surface area contributed by atoms with Crippen molar-refractivity contribution in [2.45, 2.75) is 13.8 Å². The van der Waals surface area contributed by atoms with Crippen LogP contribution in [0.4, 0.5) is 16.2 Å². The first kappa shape index (κ1) is 19.7. The molecule has 3 N–H and O–H groups in total. The predicted molar refractivity (Wildman–Crippen MR) is 104 cm³/mol. The van der Waals surface area contributed by atoms with Crippen molar-refractivity contribution in [3.63, 3.8) is 0 Å². The van der Waals surface area contributed by atoms with Gasteiger partial charge in [-0.15, -0.1) is 0 Å². The molecule has 1 unspecified atom stereocenters. The number of aromatic hydroxyl groups is 1. The first-order valence-electron chi connectivity index (χ1n) is 8.55. The summed E-state index contributed by atoms with van der Waals surface area (Å²) in [5.74, 6) is -4.77. The van der Waals surface area contributed by atoms with Crippen LogP contribution in [0.25, 0.3) is 0 Å². The molecule has 9 nitrogen and oxygen atoms in total. The molecule has 1 atom stereocenters. The Balaban J connectivity index is 1.92. The first-order chi connectivity index (χ1) is 13.7. The highest BCUT2D eigenvalue weighted by molar-refractivity contribution is 6.32. The van der Waals surface area contributed by atoms with Crippen molar-refractivity contribution in [2.75, 3.05) is 4.90 Å². The van der Waals surface area contributed by atoms with Crippen molar-refractivity contribution in [1.29, 1.82) is 0 Å². The molecule has 0 aromatic heterocycles. The van der Waals surface area contributed by atoms with Gasteiger partial charge in [0.2, 0.25) is 5.91 Å². The number of aryl methyl sites for hydroxylation is 2. The molecule has 1 saturated heterocycles. The lowest BCUT2D eigenvalue weighted by Crippen LogP contribution is -2.58. The van der Waals surface area contributed by atoms with Crippen molar-refractivity contribution >= 4 is 41.4 Å². The van der Waals surface area contributed by atoms with E-state index in [1.54, 1.807) is 18.2 Å². The summed E-state index contributed by atoms with van der Waals surface area (Å²) in [4.78, 5) is 53.1. The normalized spacial score (nSPS) is 17.0. The largest absolute Gasteiger partial charge is 0.507 e. The molecule has 4 amide bonds. The van der Waals surface area contributed by atoms with E-state index < -0.39 is 35.5 Å². The molecule has 0 aliphatic carbocycles. The lowest BCUT2D eigenvalue weighted by atomic mass is 10.0. The number of anilines is 1. The van der Waals surface area contributed by atoms with Crippen LogP contribution in [0.3, 0.4) is 0 Å². The van der Waals surface area contributed by atoms with Crippen LogP contribution >= 0.6 is 0 Å². The van der Waals surface area contributed by atoms with Gasteiger partial charge in [0.25, 0.3) is 5.91 Å². The van der Waals surface area contributed by atoms with Crippen LogP contribution in [-0.4, -0.2) is 40.2 Å². The molecule has 148 valence electrons. The number of carboxylic acid groups (broad SMARTS) is 1. The van der Waals surface area contributed by atoms with Crippen molar-refractivity contribution in [2.24, 2.45) is 10.9 Å². The number of nitrogens with one attached hydrogen (secondary N) is 1. The van der Waals surface area contributed by atoms with Gasteiger partial charge in [-0.3, -0.25) is 19.9 Å². The van der Waals surface area contributed by atoms with Crippen molar-refractivity contribution in [1.82, 2.24) is 5.32 Å². The van der Waals surface area contributed by atoms with Gasteiger partial charge in [-0.2, -0.15) is 0 Å². The van der Waals surface area contributed by atoms with Crippen molar-refractivity contribution in [3.8, 4) is 5.75 Å². The summed E-state index contributed by atoms with van der Waals surface area (Å²) >= 11 is 0. The van der Waals surface area contributed by atoms with Crippen LogP contribution in [0.1, 0.15) is 21.5 Å². The Hall–Kier alpha value is -4.01. The fourth-order valence-electron chi connectivity index (χ4n) is 2.77. The first-order valence-corrected chi connectivity index (χ1v) is 8.55. The predicted octanol–water partition coefficient (Wildman–Crippen LogP) is 2.31. The van der Waals surface area contributed by atoms with E-state index in [0.29, 0.717) is 5.69 Å². The maximum Gasteiger partial charge on any atom is 0.339 e. The van der Waals surface area contributed by atoms with Crippen LogP contribution in [0.2, 0.25) is 0 Å². The SMILES string of the molecule is Cc1ccc(N2C(=O)NC(=O)C(C=Nc3ccc(O)c(C(=O)O)c3)C2=O)cc1C. The lowest BCUT2D eigenvalue weighted by Gasteiger charge is -2.28. The Morgan fingerprint density at radius 1 is 1.10 bits per heavy atom. The number of benzene rings is 2. The van der Waals surface area contributed by atoms with Crippen LogP contribution in [-0.2, 0) is 9.59 Å². The number of carbonyl (C=O) groups excluding carboxylic acids is 3. The molecule has 29 heavy (non-hydrogen) atoms. The minimum absolute atomic E-state index is 0.121. The molecule has 1 fully saturated rings. The summed E-state index contributed by atoms with van der Waals surface area (Å²) < 4.78 is 0. The molecule has 0 radical (unpaired) electrons. The summed E-state index contributed by atoms with van der Waals surface area (Å²) in [6.45, 7) is 3.72. The number of carbonyl (C=O) groups is 4. The number of rotatable bonds is 4. The fourth-order valence-corrected chi connectivity index (χ4v) is 2.77. The number of nitrogens with zero attached hydrogens (tertiary/aromatic N) is 2. The number of carboxylic acids is 1. The van der Waals surface area contributed by atoms with E-state index in [2.05, 4.69) is 10.3 Å². The molecular formula is C20H17N3O6. The maximum absolute atomic E-state index is 12.8. The highest BCUT2D eigenvalue weighted by atomic mass is 16.4. The molecule has 1 aliphatic heterocycles. The van der Waals surface area contributed by atoms with Gasteiger partial charge in [-0.25, -0.2) is 14.5 Å². The van der Waals surface area contributed by atoms with Gasteiger partial charge in [0.05, 0.1) is 11.4 Å². The van der Waals surface area contributed by atoms with Gasteiger partial charge < -0.3 is 10.2 Å². The average molecular weight is 395 g/mol. The lowest BCUT2D eigenvalue weighted by molar-refractivity contribution is -0.131. The number of hydrogen-bond acceptors (Lipinski definition) is 6. The quantitative estimate of drug-likeness (QED) is 0.537. The number of aromatic carboxylic acids is 1. The van der Waals surface area contributed by atoms with Gasteiger partial charge in [0.15, 0.2) is 5.92 Å². The number of barbiturate groups is 1. The van der Waals surface area contributed by atoms with E-state index in [1.165, 1.54) is 6.07 Å². The van der Waals surface area contributed by atoms with E-state index in [-0.39, 0.29) is 11.3 Å². The smallest absolute Gasteiger partial charge is 0.339 e. The van der Waals surface area contributed by atoms with Gasteiger partial charge >= 0.3 is 12.0 Å². The molecule has 0 saturated carbocycles. The summed E-state index contributed by atoms with van der Waals surface area (Å²) in [6.07, 6.45) is 1.04. The second-order valence-electron chi connectivity index (χ2n) is 6.50. The molecule has 2 aromatic rings. The number of amides is 4. The molecule has 1 aliphatic rings. The fraction of sp³-hybridized carbons (Fsp3) is 0.150. The van der Waals surface area contributed by atoms with E-state index in [1.807, 2.05) is 13.8 Å².